The summed E-state index contributed by atoms with van der Waals surface area (Å²) in [7, 11) is 0. The Kier molecular flexibility index (Phi) is 4.81. The Hall–Kier alpha value is -2.42. The van der Waals surface area contributed by atoms with Gasteiger partial charge in [0.25, 0.3) is 5.91 Å². The first-order chi connectivity index (χ1) is 8.56. The number of aliphatic carboxylic acids is 1. The summed E-state index contributed by atoms with van der Waals surface area (Å²) in [6, 6.07) is 3.93. The number of carbonyl (C=O) groups is 2. The van der Waals surface area contributed by atoms with Crippen LogP contribution in [0.15, 0.2) is 24.5 Å². The minimum Gasteiger partial charge on any atom is -0.480 e. The molecule has 0 aromatic carbocycles. The molecule has 1 aromatic heterocycles. The maximum atomic E-state index is 11.8. The number of nitriles is 1. The lowest BCUT2D eigenvalue weighted by atomic mass is 9.99. The first-order valence-electron chi connectivity index (χ1n) is 5.37. The van der Waals surface area contributed by atoms with Gasteiger partial charge < -0.3 is 10.4 Å². The number of nitrogens with zero attached hydrogens (tertiary/aromatic N) is 2. The van der Waals surface area contributed by atoms with Crippen LogP contribution in [0.1, 0.15) is 23.7 Å². The highest BCUT2D eigenvalue weighted by Gasteiger charge is 2.26. The molecule has 0 aliphatic carbocycles. The van der Waals surface area contributed by atoms with Gasteiger partial charge in [0, 0.05) is 24.7 Å². The van der Waals surface area contributed by atoms with Crippen LogP contribution in [0.3, 0.4) is 0 Å². The quantitative estimate of drug-likeness (QED) is 0.801. The summed E-state index contributed by atoms with van der Waals surface area (Å²) in [5.74, 6) is -2.14. The average Bonchev–Trinajstić information content (AvgIpc) is 2.36. The summed E-state index contributed by atoms with van der Waals surface area (Å²) in [6.45, 7) is 1.60. The summed E-state index contributed by atoms with van der Waals surface area (Å²) in [5, 5.41) is 20.0. The number of rotatable bonds is 5. The van der Waals surface area contributed by atoms with E-state index in [1.54, 1.807) is 13.0 Å². The monoisotopic (exact) mass is 247 g/mol. The van der Waals surface area contributed by atoms with Crippen LogP contribution in [0.5, 0.6) is 0 Å². The first-order valence-corrected chi connectivity index (χ1v) is 5.37. The maximum absolute atomic E-state index is 11.8. The van der Waals surface area contributed by atoms with Crippen molar-refractivity contribution in [1.82, 2.24) is 10.3 Å². The van der Waals surface area contributed by atoms with Crippen LogP contribution in [0.2, 0.25) is 0 Å². The Balaban J connectivity index is 2.77. The fourth-order valence-corrected chi connectivity index (χ4v) is 1.43. The van der Waals surface area contributed by atoms with Gasteiger partial charge in [-0.15, -0.1) is 0 Å². The van der Waals surface area contributed by atoms with Crippen LogP contribution < -0.4 is 5.32 Å². The number of hydrogen-bond acceptors (Lipinski definition) is 4. The fourth-order valence-electron chi connectivity index (χ4n) is 1.43. The third-order valence-corrected chi connectivity index (χ3v) is 2.46. The van der Waals surface area contributed by atoms with E-state index in [-0.39, 0.29) is 12.0 Å². The number of hydrogen-bond donors (Lipinski definition) is 2. The molecule has 0 saturated heterocycles. The van der Waals surface area contributed by atoms with E-state index < -0.39 is 23.8 Å². The van der Waals surface area contributed by atoms with Crippen LogP contribution in [-0.2, 0) is 4.79 Å². The number of nitrogens with one attached hydrogen (secondary N) is 1. The van der Waals surface area contributed by atoms with Crippen molar-refractivity contribution in [2.45, 2.75) is 19.4 Å². The Labute approximate surface area is 104 Å². The molecule has 18 heavy (non-hydrogen) atoms. The van der Waals surface area contributed by atoms with E-state index >= 15 is 0 Å². The van der Waals surface area contributed by atoms with Gasteiger partial charge in [-0.05, 0) is 12.1 Å². The van der Waals surface area contributed by atoms with Gasteiger partial charge in [0.05, 0.1) is 11.6 Å². The summed E-state index contributed by atoms with van der Waals surface area (Å²) < 4.78 is 0. The lowest BCUT2D eigenvalue weighted by Crippen LogP contribution is -2.45. The van der Waals surface area contributed by atoms with Gasteiger partial charge in [0.2, 0.25) is 0 Å². The molecule has 6 nitrogen and oxygen atoms in total. The zero-order valence-electron chi connectivity index (χ0n) is 9.83. The molecule has 1 heterocycles. The minimum atomic E-state index is -1.16. The minimum absolute atomic E-state index is 0.0598. The number of carbonyl (C=O) groups excluding carboxylic acids is 1. The van der Waals surface area contributed by atoms with Crippen molar-refractivity contribution >= 4 is 11.9 Å². The molecule has 1 amide bonds. The normalized spacial score (nSPS) is 13.1. The molecule has 1 aromatic rings. The van der Waals surface area contributed by atoms with Crippen molar-refractivity contribution < 1.29 is 14.7 Å². The lowest BCUT2D eigenvalue weighted by molar-refractivity contribution is -0.140. The highest BCUT2D eigenvalue weighted by Crippen LogP contribution is 2.09. The summed E-state index contributed by atoms with van der Waals surface area (Å²) in [6.07, 6.45) is 2.93. The van der Waals surface area contributed by atoms with Gasteiger partial charge in [-0.3, -0.25) is 9.78 Å². The van der Waals surface area contributed by atoms with Gasteiger partial charge in [-0.1, -0.05) is 6.92 Å². The largest absolute Gasteiger partial charge is 0.480 e. The molecule has 0 aliphatic rings. The average molecular weight is 247 g/mol. The van der Waals surface area contributed by atoms with Gasteiger partial charge >= 0.3 is 5.97 Å². The van der Waals surface area contributed by atoms with Crippen LogP contribution >= 0.6 is 0 Å². The Morgan fingerprint density at radius 1 is 1.61 bits per heavy atom. The van der Waals surface area contributed by atoms with E-state index in [2.05, 4.69) is 10.3 Å². The highest BCUT2D eigenvalue weighted by molar-refractivity contribution is 5.96. The van der Waals surface area contributed by atoms with Crippen LogP contribution in [0.25, 0.3) is 0 Å². The topological polar surface area (TPSA) is 103 Å². The molecule has 0 spiro atoms. The summed E-state index contributed by atoms with van der Waals surface area (Å²) in [4.78, 5) is 26.6. The van der Waals surface area contributed by atoms with Gasteiger partial charge in [-0.25, -0.2) is 4.79 Å². The first kappa shape index (κ1) is 13.6. The number of amides is 1. The smallest absolute Gasteiger partial charge is 0.326 e. The number of aromatic nitrogens is 1. The zero-order chi connectivity index (χ0) is 13.5. The van der Waals surface area contributed by atoms with Crippen LogP contribution in [0.4, 0.5) is 0 Å². The lowest BCUT2D eigenvalue weighted by Gasteiger charge is -2.19. The molecule has 1 rings (SSSR count). The number of carboxylic acids is 1. The molecule has 0 radical (unpaired) electrons. The van der Waals surface area contributed by atoms with E-state index in [0.717, 1.165) is 0 Å². The van der Waals surface area contributed by atoms with Crippen molar-refractivity contribution in [3.05, 3.63) is 30.1 Å². The molecule has 0 bridgehead atoms. The molecular formula is C12H13N3O3. The van der Waals surface area contributed by atoms with Crippen LogP contribution in [0, 0.1) is 17.2 Å². The second-order valence-corrected chi connectivity index (χ2v) is 3.87. The predicted molar refractivity (Wildman–Crippen MR) is 62.5 cm³/mol. The molecule has 2 N–H and O–H groups in total. The predicted octanol–water partition coefficient (Wildman–Crippen LogP) is 0.814. The Morgan fingerprint density at radius 2 is 2.33 bits per heavy atom. The summed E-state index contributed by atoms with van der Waals surface area (Å²) >= 11 is 0. The summed E-state index contributed by atoms with van der Waals surface area (Å²) in [5.41, 5.74) is 0.285. The van der Waals surface area contributed by atoms with E-state index in [4.69, 9.17) is 10.4 Å². The molecule has 0 fully saturated rings. The standard InChI is InChI=1S/C12H13N3O3/c1-8(4-5-13)10(12(17)18)15-11(16)9-3-2-6-14-7-9/h2-3,6-8,10H,4H2,1H3,(H,15,16)(H,17,18)/t8-,10+/m1/s1. The van der Waals surface area contributed by atoms with Gasteiger partial charge in [0.15, 0.2) is 0 Å². The fraction of sp³-hybridized carbons (Fsp3) is 0.333. The van der Waals surface area contributed by atoms with E-state index in [9.17, 15) is 9.59 Å². The Morgan fingerprint density at radius 3 is 2.83 bits per heavy atom. The molecular weight excluding hydrogens is 234 g/mol. The van der Waals surface area contributed by atoms with Crippen molar-refractivity contribution in [3.63, 3.8) is 0 Å². The third kappa shape index (κ3) is 3.56. The van der Waals surface area contributed by atoms with Gasteiger partial charge in [0.1, 0.15) is 6.04 Å². The van der Waals surface area contributed by atoms with Crippen molar-refractivity contribution in [2.24, 2.45) is 5.92 Å². The second-order valence-electron chi connectivity index (χ2n) is 3.87. The highest BCUT2D eigenvalue weighted by atomic mass is 16.4. The van der Waals surface area contributed by atoms with E-state index in [1.807, 2.05) is 6.07 Å². The zero-order valence-corrected chi connectivity index (χ0v) is 9.83. The van der Waals surface area contributed by atoms with Crippen molar-refractivity contribution in [3.8, 4) is 6.07 Å². The number of carboxylic acid groups (broad SMARTS) is 1. The molecule has 0 aliphatic heterocycles. The molecule has 2 atom stereocenters. The van der Waals surface area contributed by atoms with Gasteiger partial charge in [-0.2, -0.15) is 5.26 Å². The molecule has 94 valence electrons. The number of pyridine rings is 1. The second kappa shape index (κ2) is 6.35. The molecule has 6 heteroatoms. The SMILES string of the molecule is C[C@H](CC#N)[C@H](NC(=O)c1cccnc1)C(=O)O. The maximum Gasteiger partial charge on any atom is 0.326 e. The Bertz CT molecular complexity index is 467. The van der Waals surface area contributed by atoms with E-state index in [0.29, 0.717) is 0 Å². The van der Waals surface area contributed by atoms with Crippen LogP contribution in [-0.4, -0.2) is 28.0 Å². The van der Waals surface area contributed by atoms with E-state index in [1.165, 1.54) is 18.5 Å². The molecule has 0 unspecified atom stereocenters. The van der Waals surface area contributed by atoms with Crippen molar-refractivity contribution in [1.29, 1.82) is 5.26 Å². The third-order valence-electron chi connectivity index (χ3n) is 2.46. The molecule has 0 saturated carbocycles. The van der Waals surface area contributed by atoms with Crippen molar-refractivity contribution in [2.75, 3.05) is 0 Å².